The van der Waals surface area contributed by atoms with Gasteiger partial charge in [-0.25, -0.2) is 0 Å². The topological polar surface area (TPSA) is 89.9 Å². The van der Waals surface area contributed by atoms with Gasteiger partial charge in [-0.2, -0.15) is 0 Å². The van der Waals surface area contributed by atoms with Crippen LogP contribution in [0.1, 0.15) is 33.6 Å². The van der Waals surface area contributed by atoms with Crippen molar-refractivity contribution in [3.05, 3.63) is 12.2 Å². The summed E-state index contributed by atoms with van der Waals surface area (Å²) in [7, 11) is 0. The second kappa shape index (κ2) is 6.08. The minimum absolute atomic E-state index is 0.251. The third-order valence-electron chi connectivity index (χ3n) is 2.22. The van der Waals surface area contributed by atoms with Crippen LogP contribution in [0.25, 0.3) is 0 Å². The lowest BCUT2D eigenvalue weighted by Gasteiger charge is -2.21. The van der Waals surface area contributed by atoms with E-state index in [1.807, 2.05) is 0 Å². The van der Waals surface area contributed by atoms with Crippen LogP contribution in [-0.4, -0.2) is 40.6 Å². The maximum absolute atomic E-state index is 11.6. The summed E-state index contributed by atoms with van der Waals surface area (Å²) in [6, 6.07) is 0. The lowest BCUT2D eigenvalue weighted by Crippen LogP contribution is -2.34. The molecule has 0 aliphatic carbocycles. The van der Waals surface area contributed by atoms with Gasteiger partial charge in [-0.1, -0.05) is 0 Å². The molecule has 0 aromatic rings. The molecule has 0 amide bonds. The summed E-state index contributed by atoms with van der Waals surface area (Å²) in [5, 5.41) is 9.18. The molecule has 1 aliphatic heterocycles. The molecule has 2 unspecified atom stereocenters. The summed E-state index contributed by atoms with van der Waals surface area (Å²) in [4.78, 5) is 34.4. The highest BCUT2D eigenvalue weighted by molar-refractivity contribution is 6.01. The number of hydrogen-bond donors (Lipinski definition) is 1. The standard InChI is InChI=1S/C13H18O6/c1-13(2,3)19-12(17)7-8(14)6-10-9(15)4-5-11(16)18-10/h4-5,10-11,16H,6-7H2,1-3H3. The number of esters is 1. The Bertz CT molecular complexity index is 404. The van der Waals surface area contributed by atoms with E-state index in [1.54, 1.807) is 20.8 Å². The second-order valence-electron chi connectivity index (χ2n) is 5.28. The Kier molecular flexibility index (Phi) is 4.97. The predicted octanol–water partition coefficient (Wildman–Crippen LogP) is 0.520. The maximum Gasteiger partial charge on any atom is 0.313 e. The number of carbonyl (C=O) groups excluding carboxylic acids is 3. The van der Waals surface area contributed by atoms with Gasteiger partial charge in [0.25, 0.3) is 0 Å². The van der Waals surface area contributed by atoms with E-state index in [2.05, 4.69) is 0 Å². The summed E-state index contributed by atoms with van der Waals surface area (Å²) in [5.41, 5.74) is -0.659. The molecule has 0 spiro atoms. The van der Waals surface area contributed by atoms with Crippen molar-refractivity contribution in [2.75, 3.05) is 0 Å². The van der Waals surface area contributed by atoms with Gasteiger partial charge in [0.2, 0.25) is 0 Å². The Morgan fingerprint density at radius 2 is 2.05 bits per heavy atom. The fourth-order valence-electron chi connectivity index (χ4n) is 1.53. The summed E-state index contributed by atoms with van der Waals surface area (Å²) in [5.74, 6) is -1.50. The molecule has 0 saturated carbocycles. The number of rotatable bonds is 4. The molecule has 106 valence electrons. The predicted molar refractivity (Wildman–Crippen MR) is 65.1 cm³/mol. The van der Waals surface area contributed by atoms with Gasteiger partial charge < -0.3 is 14.6 Å². The van der Waals surface area contributed by atoms with Gasteiger partial charge in [0, 0.05) is 6.42 Å². The van der Waals surface area contributed by atoms with Gasteiger partial charge in [-0.15, -0.1) is 0 Å². The fourth-order valence-corrected chi connectivity index (χ4v) is 1.53. The molecule has 0 aromatic carbocycles. The van der Waals surface area contributed by atoms with Crippen LogP contribution in [0, 0.1) is 0 Å². The Labute approximate surface area is 111 Å². The molecule has 1 rings (SSSR count). The molecule has 19 heavy (non-hydrogen) atoms. The zero-order valence-electron chi connectivity index (χ0n) is 11.2. The van der Waals surface area contributed by atoms with Gasteiger partial charge in [0.1, 0.15) is 23.9 Å². The average Bonchev–Trinajstić information content (AvgIpc) is 2.20. The highest BCUT2D eigenvalue weighted by atomic mass is 16.6. The molecule has 1 N–H and O–H groups in total. The van der Waals surface area contributed by atoms with E-state index in [9.17, 15) is 19.5 Å². The van der Waals surface area contributed by atoms with Crippen LogP contribution in [-0.2, 0) is 23.9 Å². The van der Waals surface area contributed by atoms with Crippen LogP contribution >= 0.6 is 0 Å². The van der Waals surface area contributed by atoms with Gasteiger partial charge in [-0.05, 0) is 32.9 Å². The normalized spacial score (nSPS) is 23.3. The van der Waals surface area contributed by atoms with E-state index in [0.717, 1.165) is 0 Å². The largest absolute Gasteiger partial charge is 0.460 e. The van der Waals surface area contributed by atoms with Crippen LogP contribution in [0.3, 0.4) is 0 Å². The van der Waals surface area contributed by atoms with E-state index >= 15 is 0 Å². The molecule has 0 saturated heterocycles. The molecule has 6 nitrogen and oxygen atoms in total. The minimum Gasteiger partial charge on any atom is -0.460 e. The summed E-state index contributed by atoms with van der Waals surface area (Å²) < 4.78 is 9.89. The first kappa shape index (κ1) is 15.5. The number of ether oxygens (including phenoxy) is 2. The summed E-state index contributed by atoms with van der Waals surface area (Å²) in [6.45, 7) is 5.10. The average molecular weight is 270 g/mol. The Morgan fingerprint density at radius 1 is 1.42 bits per heavy atom. The fraction of sp³-hybridized carbons (Fsp3) is 0.615. The molecule has 1 heterocycles. The van der Waals surface area contributed by atoms with Crippen molar-refractivity contribution >= 4 is 17.5 Å². The number of Topliss-reactive ketones (excluding diaryl/α,β-unsaturated/α-hetero) is 1. The lowest BCUT2D eigenvalue weighted by atomic mass is 10.0. The van der Waals surface area contributed by atoms with E-state index in [0.29, 0.717) is 0 Å². The third-order valence-corrected chi connectivity index (χ3v) is 2.22. The zero-order chi connectivity index (χ0) is 14.6. The van der Waals surface area contributed by atoms with Crippen LogP contribution in [0.4, 0.5) is 0 Å². The van der Waals surface area contributed by atoms with Crippen molar-refractivity contribution in [2.24, 2.45) is 0 Å². The third kappa shape index (κ3) is 5.76. The van der Waals surface area contributed by atoms with Crippen molar-refractivity contribution in [3.8, 4) is 0 Å². The molecule has 6 heteroatoms. The highest BCUT2D eigenvalue weighted by Gasteiger charge is 2.28. The number of hydrogen-bond acceptors (Lipinski definition) is 6. The Balaban J connectivity index is 2.45. The second-order valence-corrected chi connectivity index (χ2v) is 5.28. The zero-order valence-corrected chi connectivity index (χ0v) is 11.2. The van der Waals surface area contributed by atoms with Crippen LogP contribution in [0.5, 0.6) is 0 Å². The minimum atomic E-state index is -1.20. The van der Waals surface area contributed by atoms with Gasteiger partial charge in [-0.3, -0.25) is 14.4 Å². The Morgan fingerprint density at radius 3 is 2.63 bits per heavy atom. The first-order chi connectivity index (χ1) is 8.67. The van der Waals surface area contributed by atoms with Crippen LogP contribution < -0.4 is 0 Å². The van der Waals surface area contributed by atoms with Crippen molar-refractivity contribution in [1.82, 2.24) is 0 Å². The van der Waals surface area contributed by atoms with Crippen molar-refractivity contribution in [2.45, 2.75) is 51.6 Å². The molecule has 0 fully saturated rings. The van der Waals surface area contributed by atoms with Crippen LogP contribution in [0.2, 0.25) is 0 Å². The molecule has 0 aromatic heterocycles. The van der Waals surface area contributed by atoms with Crippen molar-refractivity contribution in [1.29, 1.82) is 0 Å². The van der Waals surface area contributed by atoms with Gasteiger partial charge in [0.15, 0.2) is 12.1 Å². The molecule has 0 bridgehead atoms. The maximum atomic E-state index is 11.6. The number of carbonyl (C=O) groups is 3. The van der Waals surface area contributed by atoms with Crippen molar-refractivity contribution in [3.63, 3.8) is 0 Å². The van der Waals surface area contributed by atoms with Crippen LogP contribution in [0.15, 0.2) is 12.2 Å². The van der Waals surface area contributed by atoms with E-state index in [-0.39, 0.29) is 6.42 Å². The monoisotopic (exact) mass is 270 g/mol. The molecular formula is C13H18O6. The first-order valence-electron chi connectivity index (χ1n) is 5.96. The Hall–Kier alpha value is -1.53. The lowest BCUT2D eigenvalue weighted by molar-refractivity contribution is -0.159. The molecule has 1 aliphatic rings. The number of aliphatic hydroxyl groups is 1. The quantitative estimate of drug-likeness (QED) is 0.591. The van der Waals surface area contributed by atoms with Gasteiger partial charge in [0.05, 0.1) is 0 Å². The van der Waals surface area contributed by atoms with Gasteiger partial charge >= 0.3 is 5.97 Å². The van der Waals surface area contributed by atoms with E-state index < -0.39 is 42.0 Å². The van der Waals surface area contributed by atoms with E-state index in [4.69, 9.17) is 9.47 Å². The molecule has 2 atom stereocenters. The first-order valence-corrected chi connectivity index (χ1v) is 5.96. The molecule has 0 radical (unpaired) electrons. The van der Waals surface area contributed by atoms with Crippen molar-refractivity contribution < 1.29 is 29.0 Å². The molecular weight excluding hydrogens is 252 g/mol. The number of ketones is 2. The smallest absolute Gasteiger partial charge is 0.313 e. The summed E-state index contributed by atoms with van der Waals surface area (Å²) >= 11 is 0. The number of aliphatic hydroxyl groups excluding tert-OH is 1. The summed E-state index contributed by atoms with van der Waals surface area (Å²) in [6.07, 6.45) is -0.535. The van der Waals surface area contributed by atoms with E-state index in [1.165, 1.54) is 12.2 Å². The SMILES string of the molecule is CC(C)(C)OC(=O)CC(=O)CC1OC(O)C=CC1=O. The highest BCUT2D eigenvalue weighted by Crippen LogP contribution is 2.14.